The molecule has 0 fully saturated rings. The number of pyridine rings is 1. The maximum absolute atomic E-state index is 13.4. The van der Waals surface area contributed by atoms with Gasteiger partial charge in [-0.1, -0.05) is 31.2 Å². The predicted molar refractivity (Wildman–Crippen MR) is 122 cm³/mol. The van der Waals surface area contributed by atoms with Crippen molar-refractivity contribution in [1.82, 2.24) is 15.0 Å². The fourth-order valence-corrected chi connectivity index (χ4v) is 3.28. The van der Waals surface area contributed by atoms with Gasteiger partial charge in [0.25, 0.3) is 0 Å². The Kier molecular flexibility index (Phi) is 7.67. The van der Waals surface area contributed by atoms with Gasteiger partial charge in [-0.2, -0.15) is 18.2 Å². The largest absolute Gasteiger partial charge is 0.421 e. The summed E-state index contributed by atoms with van der Waals surface area (Å²) in [5.74, 6) is -1.33. The van der Waals surface area contributed by atoms with Crippen LogP contribution >= 0.6 is 0 Å². The van der Waals surface area contributed by atoms with Gasteiger partial charge in [-0.25, -0.2) is 4.98 Å². The minimum atomic E-state index is -4.70. The molecule has 0 unspecified atom stereocenters. The van der Waals surface area contributed by atoms with Gasteiger partial charge in [0, 0.05) is 24.0 Å². The predicted octanol–water partition coefficient (Wildman–Crippen LogP) is 3.65. The molecule has 2 heterocycles. The Morgan fingerprint density at radius 3 is 2.44 bits per heavy atom. The summed E-state index contributed by atoms with van der Waals surface area (Å²) in [6.45, 7) is 3.64. The first kappa shape index (κ1) is 24.9. The van der Waals surface area contributed by atoms with Crippen LogP contribution in [0.2, 0.25) is 0 Å². The van der Waals surface area contributed by atoms with E-state index in [1.54, 1.807) is 19.1 Å². The number of aromatic nitrogens is 3. The summed E-state index contributed by atoms with van der Waals surface area (Å²) >= 11 is 0. The molecule has 3 rings (SSSR count). The number of primary amides is 1. The molecule has 34 heavy (non-hydrogen) atoms. The van der Waals surface area contributed by atoms with E-state index in [1.807, 2.05) is 31.2 Å². The average molecular weight is 474 g/mol. The van der Waals surface area contributed by atoms with Crippen LogP contribution in [0.5, 0.6) is 0 Å². The van der Waals surface area contributed by atoms with Crippen molar-refractivity contribution >= 4 is 17.7 Å². The Morgan fingerprint density at radius 1 is 1.15 bits per heavy atom. The lowest BCUT2D eigenvalue weighted by molar-refractivity contribution is -0.137. The molecule has 1 aromatic carbocycles. The number of alkyl halides is 3. The van der Waals surface area contributed by atoms with Crippen LogP contribution in [0.15, 0.2) is 42.6 Å². The van der Waals surface area contributed by atoms with Gasteiger partial charge in [0.15, 0.2) is 0 Å². The molecular weight excluding hydrogens is 449 g/mol. The first-order valence-electron chi connectivity index (χ1n) is 10.5. The van der Waals surface area contributed by atoms with Crippen LogP contribution in [0.1, 0.15) is 35.7 Å². The Labute approximate surface area is 194 Å². The number of aliphatic hydroxyl groups excluding tert-OH is 1. The van der Waals surface area contributed by atoms with Crippen molar-refractivity contribution in [2.24, 2.45) is 5.73 Å². The number of carbonyl (C=O) groups is 1. The fraction of sp³-hybridized carbons (Fsp3) is 0.304. The van der Waals surface area contributed by atoms with E-state index in [0.717, 1.165) is 28.1 Å². The molecule has 0 saturated carbocycles. The van der Waals surface area contributed by atoms with Crippen molar-refractivity contribution in [3.05, 3.63) is 65.0 Å². The van der Waals surface area contributed by atoms with Crippen LogP contribution in [-0.4, -0.2) is 32.0 Å². The topological polar surface area (TPSA) is 126 Å². The maximum Gasteiger partial charge on any atom is 0.421 e. The van der Waals surface area contributed by atoms with E-state index >= 15 is 0 Å². The normalized spacial score (nSPS) is 12.3. The van der Waals surface area contributed by atoms with Gasteiger partial charge in [0.1, 0.15) is 17.4 Å². The summed E-state index contributed by atoms with van der Waals surface area (Å²) in [6, 6.07) is 10.0. The van der Waals surface area contributed by atoms with Gasteiger partial charge in [0.05, 0.1) is 12.3 Å². The molecule has 0 aliphatic carbocycles. The number of amides is 1. The highest BCUT2D eigenvalue weighted by Gasteiger charge is 2.36. The highest BCUT2D eigenvalue weighted by atomic mass is 19.4. The van der Waals surface area contributed by atoms with Crippen molar-refractivity contribution in [2.45, 2.75) is 45.6 Å². The summed E-state index contributed by atoms with van der Waals surface area (Å²) in [7, 11) is 0. The van der Waals surface area contributed by atoms with E-state index in [9.17, 15) is 23.1 Å². The smallest absolute Gasteiger partial charge is 0.392 e. The molecule has 1 amide bonds. The van der Waals surface area contributed by atoms with Crippen molar-refractivity contribution in [3.8, 4) is 11.3 Å². The zero-order valence-corrected chi connectivity index (χ0v) is 18.6. The van der Waals surface area contributed by atoms with Gasteiger partial charge < -0.3 is 21.5 Å². The highest BCUT2D eigenvalue weighted by molar-refractivity contribution is 5.82. The number of halogens is 3. The molecule has 0 radical (unpaired) electrons. The molecule has 3 aromatic rings. The number of anilines is 2. The van der Waals surface area contributed by atoms with E-state index in [2.05, 4.69) is 25.6 Å². The van der Waals surface area contributed by atoms with Crippen LogP contribution < -0.4 is 16.4 Å². The van der Waals surface area contributed by atoms with Gasteiger partial charge in [-0.15, -0.1) is 0 Å². The van der Waals surface area contributed by atoms with E-state index in [4.69, 9.17) is 5.73 Å². The molecule has 0 bridgehead atoms. The lowest BCUT2D eigenvalue weighted by Gasteiger charge is -2.18. The molecule has 0 saturated heterocycles. The zero-order valence-electron chi connectivity index (χ0n) is 18.6. The van der Waals surface area contributed by atoms with Crippen LogP contribution in [0.3, 0.4) is 0 Å². The standard InChI is InChI=1S/C23H25F3N6O2/c1-3-18(20(27)34)31-21-17(23(24,25)26)11-29-22(32-21)28-10-14-4-6-16(7-5-14)19-9-15(12-33)8-13(2)30-19/h4-9,11,18,33H,3,10,12H2,1-2H3,(H2,27,34)(H2,28,29,31,32)/t18-/m1/s1. The number of nitrogens with one attached hydrogen (secondary N) is 2. The third kappa shape index (κ3) is 6.19. The fourth-order valence-electron chi connectivity index (χ4n) is 3.28. The molecule has 2 aromatic heterocycles. The van der Waals surface area contributed by atoms with Crippen molar-refractivity contribution in [1.29, 1.82) is 0 Å². The van der Waals surface area contributed by atoms with E-state index in [0.29, 0.717) is 6.20 Å². The third-order valence-corrected chi connectivity index (χ3v) is 5.05. The number of nitrogens with zero attached hydrogens (tertiary/aromatic N) is 3. The molecule has 1 atom stereocenters. The molecule has 5 N–H and O–H groups in total. The Bertz CT molecular complexity index is 1150. The Balaban J connectivity index is 1.76. The molecule has 8 nitrogen and oxygen atoms in total. The minimum absolute atomic E-state index is 0.0353. The van der Waals surface area contributed by atoms with Gasteiger partial charge in [0.2, 0.25) is 11.9 Å². The monoisotopic (exact) mass is 474 g/mol. The number of nitrogens with two attached hydrogens (primary N) is 1. The number of benzene rings is 1. The second-order valence-electron chi connectivity index (χ2n) is 7.67. The zero-order chi connectivity index (χ0) is 24.9. The number of hydrogen-bond acceptors (Lipinski definition) is 7. The summed E-state index contributed by atoms with van der Waals surface area (Å²) in [6.07, 6.45) is -3.84. The van der Waals surface area contributed by atoms with E-state index in [-0.39, 0.29) is 25.5 Å². The molecular formula is C23H25F3N6O2. The Morgan fingerprint density at radius 2 is 1.85 bits per heavy atom. The number of aliphatic hydroxyl groups is 1. The molecule has 11 heteroatoms. The van der Waals surface area contributed by atoms with E-state index in [1.165, 1.54) is 0 Å². The Hall–Kier alpha value is -3.73. The second kappa shape index (κ2) is 10.5. The van der Waals surface area contributed by atoms with Gasteiger partial charge >= 0.3 is 6.18 Å². The van der Waals surface area contributed by atoms with Gasteiger partial charge in [-0.3, -0.25) is 9.78 Å². The first-order chi connectivity index (χ1) is 16.1. The first-order valence-corrected chi connectivity index (χ1v) is 10.5. The van der Waals surface area contributed by atoms with Gasteiger partial charge in [-0.05, 0) is 36.6 Å². The van der Waals surface area contributed by atoms with Crippen molar-refractivity contribution < 1.29 is 23.1 Å². The summed E-state index contributed by atoms with van der Waals surface area (Å²) in [4.78, 5) is 23.6. The van der Waals surface area contributed by atoms with Crippen molar-refractivity contribution in [2.75, 3.05) is 10.6 Å². The number of rotatable bonds is 9. The number of carbonyl (C=O) groups excluding carboxylic acids is 1. The van der Waals surface area contributed by atoms with Crippen molar-refractivity contribution in [3.63, 3.8) is 0 Å². The lowest BCUT2D eigenvalue weighted by Crippen LogP contribution is -2.35. The molecule has 0 aliphatic rings. The lowest BCUT2D eigenvalue weighted by atomic mass is 10.1. The van der Waals surface area contributed by atoms with Crippen LogP contribution in [0, 0.1) is 6.92 Å². The number of aryl methyl sites for hydroxylation is 1. The van der Waals surface area contributed by atoms with E-state index < -0.39 is 29.5 Å². The second-order valence-corrected chi connectivity index (χ2v) is 7.67. The average Bonchev–Trinajstić information content (AvgIpc) is 2.80. The summed E-state index contributed by atoms with van der Waals surface area (Å²) in [5.41, 5.74) is 8.13. The molecule has 180 valence electrons. The summed E-state index contributed by atoms with van der Waals surface area (Å²) < 4.78 is 40.1. The van der Waals surface area contributed by atoms with Crippen LogP contribution in [-0.2, 0) is 24.1 Å². The third-order valence-electron chi connectivity index (χ3n) is 5.05. The minimum Gasteiger partial charge on any atom is -0.392 e. The molecule has 0 spiro atoms. The highest BCUT2D eigenvalue weighted by Crippen LogP contribution is 2.34. The maximum atomic E-state index is 13.4. The molecule has 0 aliphatic heterocycles. The SMILES string of the molecule is CC[C@@H](Nc1nc(NCc2ccc(-c3cc(CO)cc(C)n3)cc2)ncc1C(F)(F)F)C(N)=O. The quantitative estimate of drug-likeness (QED) is 0.373. The van der Waals surface area contributed by atoms with Crippen LogP contribution in [0.4, 0.5) is 24.9 Å². The number of hydrogen-bond donors (Lipinski definition) is 4. The summed E-state index contributed by atoms with van der Waals surface area (Å²) in [5, 5.41) is 14.8. The van der Waals surface area contributed by atoms with Crippen LogP contribution in [0.25, 0.3) is 11.3 Å².